The van der Waals surface area contributed by atoms with E-state index in [1.165, 1.54) is 18.5 Å². The van der Waals surface area contributed by atoms with Gasteiger partial charge in [-0.2, -0.15) is 0 Å². The molecule has 5 rings (SSSR count). The summed E-state index contributed by atoms with van der Waals surface area (Å²) in [5.41, 5.74) is -0.141. The maximum Gasteiger partial charge on any atom is 0.198 e. The van der Waals surface area contributed by atoms with Crippen LogP contribution in [0.2, 0.25) is 10.1 Å². The third kappa shape index (κ3) is 5.67. The minimum Gasteiger partial charge on any atom is -0.391 e. The Morgan fingerprint density at radius 3 is 1.98 bits per heavy atom. The molecule has 0 saturated carbocycles. The average molecular weight is 617 g/mol. The van der Waals surface area contributed by atoms with Crippen LogP contribution >= 0.6 is 11.6 Å². The highest BCUT2D eigenvalue weighted by Gasteiger charge is 2.54. The predicted octanol–water partition coefficient (Wildman–Crippen LogP) is 6.35. The molecule has 2 heterocycles. The van der Waals surface area contributed by atoms with Crippen LogP contribution in [0.1, 0.15) is 61.8 Å². The zero-order valence-electron chi connectivity index (χ0n) is 25.2. The average Bonchev–Trinajstić information content (AvgIpc) is 2.98. The number of rotatable bonds is 7. The van der Waals surface area contributed by atoms with Crippen molar-refractivity contribution in [2.24, 2.45) is 0 Å². The number of halogens is 2. The Kier molecular flexibility index (Phi) is 8.91. The van der Waals surface area contributed by atoms with E-state index in [2.05, 4.69) is 50.0 Å². The van der Waals surface area contributed by atoms with E-state index in [1.807, 2.05) is 55.1 Å². The highest BCUT2D eigenvalue weighted by Crippen LogP contribution is 2.48. The number of carbonyl (C=O) groups excluding carboxylic acids is 1. The summed E-state index contributed by atoms with van der Waals surface area (Å²) in [6.07, 6.45) is 2.66. The summed E-state index contributed by atoms with van der Waals surface area (Å²) in [6.45, 7) is 11.2. The van der Waals surface area contributed by atoms with Crippen molar-refractivity contribution in [1.29, 1.82) is 0 Å². The summed E-state index contributed by atoms with van der Waals surface area (Å²) < 4.78 is 22.3. The lowest BCUT2D eigenvalue weighted by Gasteiger charge is -2.48. The molecule has 1 aliphatic rings. The SMILES string of the molecule is C[C@@H]1CN(c2c(C(O)[Si](c3ccccc3)(c3ccccc3)C(C)(C)C)cc(Cl)c(F)c2C(=O)c2ccncc2)C[C@H](C)O1. The van der Waals surface area contributed by atoms with Crippen LogP contribution in [-0.4, -0.2) is 49.2 Å². The summed E-state index contributed by atoms with van der Waals surface area (Å²) in [7, 11) is -3.20. The largest absolute Gasteiger partial charge is 0.391 e. The number of aliphatic hydroxyl groups is 1. The number of aromatic nitrogens is 1. The maximum absolute atomic E-state index is 16.3. The number of anilines is 1. The van der Waals surface area contributed by atoms with Crippen molar-refractivity contribution in [3.8, 4) is 0 Å². The second-order valence-electron chi connectivity index (χ2n) is 12.4. The van der Waals surface area contributed by atoms with E-state index in [9.17, 15) is 9.90 Å². The van der Waals surface area contributed by atoms with E-state index in [0.29, 0.717) is 24.3 Å². The molecule has 1 N–H and O–H groups in total. The zero-order valence-corrected chi connectivity index (χ0v) is 27.0. The van der Waals surface area contributed by atoms with Gasteiger partial charge in [-0.1, -0.05) is 103 Å². The number of ether oxygens (including phenoxy) is 1. The first kappa shape index (κ1) is 31.1. The molecule has 1 unspecified atom stereocenters. The molecule has 1 saturated heterocycles. The minimum absolute atomic E-state index is 0.146. The van der Waals surface area contributed by atoms with Crippen molar-refractivity contribution in [3.05, 3.63) is 119 Å². The Morgan fingerprint density at radius 1 is 0.977 bits per heavy atom. The summed E-state index contributed by atoms with van der Waals surface area (Å²) in [5.74, 6) is -1.32. The molecule has 8 heteroatoms. The summed E-state index contributed by atoms with van der Waals surface area (Å²) in [6, 6.07) is 24.8. The van der Waals surface area contributed by atoms with Crippen molar-refractivity contribution < 1.29 is 19.0 Å². The highest BCUT2D eigenvalue weighted by molar-refractivity contribution is 7.04. The first-order chi connectivity index (χ1) is 20.5. The Morgan fingerprint density at radius 2 is 1.49 bits per heavy atom. The lowest BCUT2D eigenvalue weighted by Crippen LogP contribution is -2.68. The molecule has 0 aliphatic carbocycles. The first-order valence-electron chi connectivity index (χ1n) is 14.6. The monoisotopic (exact) mass is 616 g/mol. The number of benzene rings is 3. The molecule has 0 spiro atoms. The predicted molar refractivity (Wildman–Crippen MR) is 174 cm³/mol. The smallest absolute Gasteiger partial charge is 0.198 e. The van der Waals surface area contributed by atoms with Crippen LogP contribution in [0, 0.1) is 5.82 Å². The Hall–Kier alpha value is -3.36. The number of morpholine rings is 1. The molecule has 3 aromatic carbocycles. The van der Waals surface area contributed by atoms with Gasteiger partial charge in [-0.05, 0) is 37.1 Å². The molecular weight excluding hydrogens is 579 g/mol. The van der Waals surface area contributed by atoms with Gasteiger partial charge in [0.05, 0.1) is 34.2 Å². The van der Waals surface area contributed by atoms with Crippen LogP contribution < -0.4 is 15.3 Å². The zero-order chi connectivity index (χ0) is 30.9. The van der Waals surface area contributed by atoms with Crippen molar-refractivity contribution >= 4 is 41.5 Å². The number of pyridine rings is 1. The lowest BCUT2D eigenvalue weighted by atomic mass is 9.96. The fraction of sp³-hybridized carbons (Fsp3) is 0.314. The second-order valence-corrected chi connectivity index (χ2v) is 17.6. The number of aliphatic hydroxyl groups excluding tert-OH is 1. The van der Waals surface area contributed by atoms with Gasteiger partial charge < -0.3 is 14.7 Å². The first-order valence-corrected chi connectivity index (χ1v) is 17.1. The van der Waals surface area contributed by atoms with Crippen LogP contribution in [0.5, 0.6) is 0 Å². The van der Waals surface area contributed by atoms with E-state index in [0.717, 1.165) is 10.4 Å². The quantitative estimate of drug-likeness (QED) is 0.194. The van der Waals surface area contributed by atoms with Gasteiger partial charge in [0.2, 0.25) is 0 Å². The van der Waals surface area contributed by atoms with Gasteiger partial charge in [0, 0.05) is 36.6 Å². The molecule has 4 aromatic rings. The van der Waals surface area contributed by atoms with Gasteiger partial charge in [-0.25, -0.2) is 4.39 Å². The molecule has 224 valence electrons. The molecule has 0 amide bonds. The Bertz CT molecular complexity index is 1530. The minimum atomic E-state index is -3.20. The van der Waals surface area contributed by atoms with Gasteiger partial charge in [0.25, 0.3) is 0 Å². The van der Waals surface area contributed by atoms with E-state index >= 15 is 4.39 Å². The topological polar surface area (TPSA) is 62.7 Å². The van der Waals surface area contributed by atoms with Gasteiger partial charge in [0.15, 0.2) is 19.7 Å². The number of ketones is 1. The molecule has 43 heavy (non-hydrogen) atoms. The fourth-order valence-electron chi connectivity index (χ4n) is 6.79. The number of hydrogen-bond donors (Lipinski definition) is 1. The third-order valence-electron chi connectivity index (χ3n) is 8.47. The maximum atomic E-state index is 16.3. The van der Waals surface area contributed by atoms with Crippen molar-refractivity contribution in [2.75, 3.05) is 18.0 Å². The number of nitrogens with zero attached hydrogens (tertiary/aromatic N) is 2. The number of carbonyl (C=O) groups is 1. The van der Waals surface area contributed by atoms with Crippen LogP contribution in [0.3, 0.4) is 0 Å². The van der Waals surface area contributed by atoms with Crippen LogP contribution in [0.4, 0.5) is 10.1 Å². The molecule has 1 aromatic heterocycles. The molecule has 3 atom stereocenters. The Labute approximate surface area is 259 Å². The standard InChI is InChI=1S/C35H38ClFN2O3Si/c1-23-21-39(22-24(2)42-23)32-28(20-29(36)31(37)30(32)33(40)25-16-18-38-19-17-25)34(41)43(35(3,4)5,26-12-8-6-9-13-26)27-14-10-7-11-15-27/h6-20,23-24,34,41H,21-22H2,1-5H3/t23-,24+,34?. The second kappa shape index (κ2) is 12.3. The summed E-state index contributed by atoms with van der Waals surface area (Å²) in [4.78, 5) is 20.2. The molecule has 5 nitrogen and oxygen atoms in total. The van der Waals surface area contributed by atoms with Crippen LogP contribution in [0.25, 0.3) is 0 Å². The van der Waals surface area contributed by atoms with E-state index < -0.39 is 30.4 Å². The van der Waals surface area contributed by atoms with Crippen molar-refractivity contribution in [2.45, 2.75) is 57.6 Å². The van der Waals surface area contributed by atoms with Gasteiger partial charge in [-0.15, -0.1) is 0 Å². The normalized spacial score (nSPS) is 18.4. The van der Waals surface area contributed by atoms with Crippen LogP contribution in [0.15, 0.2) is 91.3 Å². The van der Waals surface area contributed by atoms with Crippen molar-refractivity contribution in [3.63, 3.8) is 0 Å². The fourth-order valence-corrected chi connectivity index (χ4v) is 12.6. The van der Waals surface area contributed by atoms with Crippen molar-refractivity contribution in [1.82, 2.24) is 4.98 Å². The molecule has 1 fully saturated rings. The number of hydrogen-bond acceptors (Lipinski definition) is 5. The summed E-state index contributed by atoms with van der Waals surface area (Å²) in [5, 5.41) is 14.4. The summed E-state index contributed by atoms with van der Waals surface area (Å²) >= 11 is 6.64. The highest BCUT2D eigenvalue weighted by atomic mass is 35.5. The van der Waals surface area contributed by atoms with Crippen LogP contribution in [-0.2, 0) is 4.74 Å². The molecule has 0 bridgehead atoms. The van der Waals surface area contributed by atoms with Gasteiger partial charge in [0.1, 0.15) is 0 Å². The molecule has 1 aliphatic heterocycles. The van der Waals surface area contributed by atoms with E-state index in [4.69, 9.17) is 16.3 Å². The Balaban J connectivity index is 1.87. The van der Waals surface area contributed by atoms with Gasteiger partial charge >= 0.3 is 0 Å². The molecular formula is C35H38ClFN2O3Si. The molecule has 0 radical (unpaired) electrons. The van der Waals surface area contributed by atoms with E-state index in [1.54, 1.807) is 12.1 Å². The van der Waals surface area contributed by atoms with E-state index in [-0.39, 0.29) is 28.4 Å². The third-order valence-corrected chi connectivity index (χ3v) is 14.7. The lowest BCUT2D eigenvalue weighted by molar-refractivity contribution is -0.00541. The van der Waals surface area contributed by atoms with Gasteiger partial charge in [-0.3, -0.25) is 9.78 Å².